The van der Waals surface area contributed by atoms with Crippen LogP contribution in [-0.4, -0.2) is 56.0 Å². The molecule has 0 saturated heterocycles. The van der Waals surface area contributed by atoms with Crippen molar-refractivity contribution in [2.24, 2.45) is 7.05 Å². The topological polar surface area (TPSA) is 113 Å². The lowest BCUT2D eigenvalue weighted by Gasteiger charge is -2.11. The van der Waals surface area contributed by atoms with Crippen LogP contribution in [-0.2, 0) is 18.4 Å². The number of aromatic nitrogens is 4. The van der Waals surface area contributed by atoms with Crippen molar-refractivity contribution in [3.8, 4) is 0 Å². The number of hydrogen-bond acceptors (Lipinski definition) is 6. The van der Waals surface area contributed by atoms with Gasteiger partial charge in [-0.3, -0.25) is 9.59 Å². The molecule has 0 bridgehead atoms. The van der Waals surface area contributed by atoms with Gasteiger partial charge in [0.25, 0.3) is 12.4 Å². The van der Waals surface area contributed by atoms with Crippen LogP contribution in [0, 0.1) is 0 Å². The van der Waals surface area contributed by atoms with Crippen LogP contribution in [0.3, 0.4) is 0 Å². The second-order valence-corrected chi connectivity index (χ2v) is 5.62. The number of imidazole rings is 1. The number of amides is 1. The number of anilines is 1. The molecule has 0 saturated carbocycles. The summed E-state index contributed by atoms with van der Waals surface area (Å²) in [5.41, 5.74) is 3.19. The van der Waals surface area contributed by atoms with E-state index in [9.17, 15) is 4.79 Å². The molecule has 0 fully saturated rings. The zero-order chi connectivity index (χ0) is 19.1. The fraction of sp³-hybridized carbons (Fsp3) is 0.235. The first kappa shape index (κ1) is 18.8. The van der Waals surface area contributed by atoms with E-state index in [4.69, 9.17) is 9.90 Å². The van der Waals surface area contributed by atoms with Gasteiger partial charge >= 0.3 is 0 Å². The number of aryl methyl sites for hydroxylation is 1. The number of carbonyl (C=O) groups excluding carboxylic acids is 1. The van der Waals surface area contributed by atoms with Crippen molar-refractivity contribution in [1.82, 2.24) is 24.4 Å². The first-order chi connectivity index (χ1) is 12.5. The Bertz CT molecular complexity index is 906. The molecule has 0 radical (unpaired) electrons. The van der Waals surface area contributed by atoms with Gasteiger partial charge in [0.1, 0.15) is 5.52 Å². The number of nitrogens with one attached hydrogen (secondary N) is 1. The summed E-state index contributed by atoms with van der Waals surface area (Å²) >= 11 is 0. The van der Waals surface area contributed by atoms with E-state index in [0.29, 0.717) is 23.7 Å². The van der Waals surface area contributed by atoms with Crippen LogP contribution in [0.15, 0.2) is 36.8 Å². The minimum atomic E-state index is -0.250. The molecule has 1 aromatic carbocycles. The molecule has 26 heavy (non-hydrogen) atoms. The molecule has 3 aromatic rings. The van der Waals surface area contributed by atoms with Crippen LogP contribution in [0.2, 0.25) is 0 Å². The Morgan fingerprint density at radius 1 is 1.35 bits per heavy atom. The first-order valence-corrected chi connectivity index (χ1v) is 7.72. The van der Waals surface area contributed by atoms with E-state index in [1.165, 1.54) is 0 Å². The molecule has 1 amide bonds. The van der Waals surface area contributed by atoms with Gasteiger partial charge in [-0.25, -0.2) is 9.97 Å². The molecule has 0 spiro atoms. The largest absolute Gasteiger partial charge is 0.483 e. The molecule has 2 N–H and O–H groups in total. The Labute approximate surface area is 150 Å². The number of fused-ring (bicyclic) bond motifs is 1. The van der Waals surface area contributed by atoms with Crippen LogP contribution in [0.1, 0.15) is 15.9 Å². The zero-order valence-corrected chi connectivity index (χ0v) is 14.7. The monoisotopic (exact) mass is 356 g/mol. The molecular weight excluding hydrogens is 336 g/mol. The molecule has 0 unspecified atom stereocenters. The Morgan fingerprint density at radius 2 is 2.08 bits per heavy atom. The summed E-state index contributed by atoms with van der Waals surface area (Å²) in [5.74, 6) is 0.499. The number of carbonyl (C=O) groups is 2. The standard InChI is InChI=1S/C16H18N6O.CH2O2/c1-21(2)15(23)12-6-4-5-11(7-12)8-17-16-18-9-13-14(20-16)19-10-22(13)3;2-1-3/h4-7,9-10H,8H2,1-3H3,(H,17,18,20);1H,(H,2,3). The number of rotatable bonds is 4. The third-order valence-corrected chi connectivity index (χ3v) is 3.51. The molecule has 9 heteroatoms. The second-order valence-electron chi connectivity index (χ2n) is 5.62. The van der Waals surface area contributed by atoms with Gasteiger partial charge in [-0.05, 0) is 17.7 Å². The zero-order valence-electron chi connectivity index (χ0n) is 14.7. The minimum Gasteiger partial charge on any atom is -0.483 e. The summed E-state index contributed by atoms with van der Waals surface area (Å²) < 4.78 is 1.87. The van der Waals surface area contributed by atoms with Crippen molar-refractivity contribution in [3.05, 3.63) is 47.9 Å². The van der Waals surface area contributed by atoms with Crippen molar-refractivity contribution in [1.29, 1.82) is 0 Å². The molecule has 0 atom stereocenters. The Balaban J connectivity index is 0.000000758. The summed E-state index contributed by atoms with van der Waals surface area (Å²) in [6.45, 7) is 0.285. The number of nitrogens with zero attached hydrogens (tertiary/aromatic N) is 5. The van der Waals surface area contributed by atoms with Crippen molar-refractivity contribution < 1.29 is 14.7 Å². The van der Waals surface area contributed by atoms with Crippen molar-refractivity contribution in [2.45, 2.75) is 6.54 Å². The Kier molecular flexibility index (Phi) is 6.20. The maximum atomic E-state index is 12.0. The van der Waals surface area contributed by atoms with Gasteiger partial charge in [0, 0.05) is 33.3 Å². The van der Waals surface area contributed by atoms with Crippen molar-refractivity contribution in [3.63, 3.8) is 0 Å². The lowest BCUT2D eigenvalue weighted by molar-refractivity contribution is -0.122. The normalized spacial score (nSPS) is 9.96. The lowest BCUT2D eigenvalue weighted by Crippen LogP contribution is -2.21. The molecule has 2 aromatic heterocycles. The highest BCUT2D eigenvalue weighted by atomic mass is 16.3. The molecule has 0 aliphatic carbocycles. The molecule has 0 aliphatic rings. The summed E-state index contributed by atoms with van der Waals surface area (Å²) in [6, 6.07) is 7.51. The van der Waals surface area contributed by atoms with Gasteiger partial charge in [0.2, 0.25) is 5.95 Å². The van der Waals surface area contributed by atoms with Gasteiger partial charge < -0.3 is 19.9 Å². The minimum absolute atomic E-state index is 0.0157. The van der Waals surface area contributed by atoms with E-state index in [1.807, 2.05) is 35.9 Å². The predicted octanol–water partition coefficient (Wildman–Crippen LogP) is 1.38. The van der Waals surface area contributed by atoms with E-state index in [1.54, 1.807) is 31.5 Å². The molecule has 2 heterocycles. The van der Waals surface area contributed by atoms with Gasteiger partial charge in [-0.1, -0.05) is 12.1 Å². The summed E-state index contributed by atoms with van der Waals surface area (Å²) in [6.07, 6.45) is 3.45. The maximum absolute atomic E-state index is 12.0. The van der Waals surface area contributed by atoms with E-state index < -0.39 is 0 Å². The van der Waals surface area contributed by atoms with Crippen LogP contribution < -0.4 is 5.32 Å². The van der Waals surface area contributed by atoms with E-state index in [0.717, 1.165) is 11.1 Å². The number of hydrogen-bond donors (Lipinski definition) is 2. The molecule has 136 valence electrons. The van der Waals surface area contributed by atoms with Crippen molar-refractivity contribution >= 4 is 29.5 Å². The SMILES string of the molecule is CN(C)C(=O)c1cccc(CNc2ncc3c(ncn3C)n2)c1.O=CO. The highest BCUT2D eigenvalue weighted by molar-refractivity contribution is 5.94. The lowest BCUT2D eigenvalue weighted by atomic mass is 10.1. The number of benzene rings is 1. The van der Waals surface area contributed by atoms with Gasteiger partial charge in [-0.2, -0.15) is 4.98 Å². The van der Waals surface area contributed by atoms with Gasteiger partial charge in [0.15, 0.2) is 5.65 Å². The fourth-order valence-corrected chi connectivity index (χ4v) is 2.25. The summed E-state index contributed by atoms with van der Waals surface area (Å²) in [7, 11) is 5.38. The maximum Gasteiger partial charge on any atom is 0.290 e. The summed E-state index contributed by atoms with van der Waals surface area (Å²) in [5, 5.41) is 10.1. The van der Waals surface area contributed by atoms with Crippen LogP contribution in [0.4, 0.5) is 5.95 Å². The predicted molar refractivity (Wildman–Crippen MR) is 96.8 cm³/mol. The summed E-state index contributed by atoms with van der Waals surface area (Å²) in [4.78, 5) is 34.8. The van der Waals surface area contributed by atoms with Crippen LogP contribution in [0.5, 0.6) is 0 Å². The molecule has 0 aliphatic heterocycles. The van der Waals surface area contributed by atoms with E-state index in [2.05, 4.69) is 20.3 Å². The molecule has 9 nitrogen and oxygen atoms in total. The Hall–Kier alpha value is -3.49. The van der Waals surface area contributed by atoms with Crippen molar-refractivity contribution in [2.75, 3.05) is 19.4 Å². The first-order valence-electron chi connectivity index (χ1n) is 7.72. The smallest absolute Gasteiger partial charge is 0.290 e. The highest BCUT2D eigenvalue weighted by Gasteiger charge is 2.08. The Morgan fingerprint density at radius 3 is 2.77 bits per heavy atom. The fourth-order valence-electron chi connectivity index (χ4n) is 2.25. The average molecular weight is 356 g/mol. The van der Waals surface area contributed by atoms with Crippen LogP contribution in [0.25, 0.3) is 11.2 Å². The van der Waals surface area contributed by atoms with Crippen LogP contribution >= 0.6 is 0 Å². The highest BCUT2D eigenvalue weighted by Crippen LogP contribution is 2.12. The molecule has 3 rings (SSSR count). The third kappa shape index (κ3) is 4.53. The van der Waals surface area contributed by atoms with Gasteiger partial charge in [0.05, 0.1) is 12.5 Å². The molecular formula is C17H20N6O3. The van der Waals surface area contributed by atoms with Gasteiger partial charge in [-0.15, -0.1) is 0 Å². The third-order valence-electron chi connectivity index (χ3n) is 3.51. The quantitative estimate of drug-likeness (QED) is 0.679. The van der Waals surface area contributed by atoms with E-state index >= 15 is 0 Å². The second kappa shape index (κ2) is 8.56. The van der Waals surface area contributed by atoms with E-state index in [-0.39, 0.29) is 12.4 Å². The average Bonchev–Trinajstić information content (AvgIpc) is 3.00. The number of carboxylic acid groups (broad SMARTS) is 1.